The largest absolute Gasteiger partial charge is 0.405 e. The molecule has 1 aliphatic carbocycles. The Morgan fingerprint density at radius 1 is 1.19 bits per heavy atom. The number of hydrogen-bond acceptors (Lipinski definition) is 3. The molecule has 2 aromatic rings. The van der Waals surface area contributed by atoms with Gasteiger partial charge in [0.15, 0.2) is 8.32 Å². The average molecular weight is 389 g/mol. The van der Waals surface area contributed by atoms with Crippen LogP contribution in [0.25, 0.3) is 5.57 Å². The van der Waals surface area contributed by atoms with Crippen molar-refractivity contribution in [2.45, 2.75) is 70.7 Å². The number of aromatic nitrogens is 2. The first-order chi connectivity index (χ1) is 12.6. The Morgan fingerprint density at radius 2 is 1.92 bits per heavy atom. The second-order valence-corrected chi connectivity index (χ2v) is 13.0. The van der Waals surface area contributed by atoms with Crippen molar-refractivity contribution in [2.24, 2.45) is 7.05 Å². The molecule has 0 saturated heterocycles. The van der Waals surface area contributed by atoms with Crippen molar-refractivity contribution in [3.63, 3.8) is 0 Å². The molecule has 2 aromatic heterocycles. The van der Waals surface area contributed by atoms with Crippen LogP contribution in [0, 0.1) is 0 Å². The summed E-state index contributed by atoms with van der Waals surface area (Å²) in [6.07, 6.45) is 8.84. The van der Waals surface area contributed by atoms with Gasteiger partial charge in [0, 0.05) is 24.3 Å². The molecule has 0 fully saturated rings. The van der Waals surface area contributed by atoms with Crippen molar-refractivity contribution in [3.8, 4) is 0 Å². The van der Waals surface area contributed by atoms with E-state index in [0.29, 0.717) is 0 Å². The fourth-order valence-electron chi connectivity index (χ4n) is 4.12. The summed E-state index contributed by atoms with van der Waals surface area (Å²) in [6, 6.07) is 7.98. The summed E-state index contributed by atoms with van der Waals surface area (Å²) in [4.78, 5) is 6.04. The number of allylic oxidation sites excluding steroid dienone is 1. The Balaban J connectivity index is 2.08. The van der Waals surface area contributed by atoms with Crippen molar-refractivity contribution < 1.29 is 4.43 Å². The minimum atomic E-state index is -1.70. The molecule has 5 heteroatoms. The molecule has 1 unspecified atom stereocenters. The van der Waals surface area contributed by atoms with Crippen molar-refractivity contribution in [1.29, 1.82) is 0 Å². The van der Waals surface area contributed by atoms with E-state index in [1.165, 1.54) is 47.0 Å². The summed E-state index contributed by atoms with van der Waals surface area (Å²) in [6.45, 7) is 6.96. The van der Waals surface area contributed by atoms with E-state index >= 15 is 0 Å². The standard InChI is InChI=1S/C21H32N2OSSi/c1-5-26(6-2,7-3)24-20(19-13-10-16-25-19)17-11-8-9-12-18(17)21-22-14-15-23(21)4/h10,13-16,20H,5-9,11-12H2,1-4H3. The van der Waals surface area contributed by atoms with E-state index in [1.54, 1.807) is 0 Å². The second kappa shape index (κ2) is 8.68. The van der Waals surface area contributed by atoms with Gasteiger partial charge in [0.1, 0.15) is 11.9 Å². The van der Waals surface area contributed by atoms with Gasteiger partial charge in [-0.25, -0.2) is 4.98 Å². The third-order valence-electron chi connectivity index (χ3n) is 6.02. The molecule has 1 aliphatic rings. The molecule has 0 radical (unpaired) electrons. The van der Waals surface area contributed by atoms with E-state index in [0.717, 1.165) is 18.7 Å². The van der Waals surface area contributed by atoms with Crippen LogP contribution in [0.1, 0.15) is 63.3 Å². The first kappa shape index (κ1) is 19.6. The minimum absolute atomic E-state index is 0.119. The highest BCUT2D eigenvalue weighted by molar-refractivity contribution is 7.10. The third kappa shape index (κ3) is 3.90. The lowest BCUT2D eigenvalue weighted by Gasteiger charge is -2.36. The van der Waals surface area contributed by atoms with E-state index in [4.69, 9.17) is 4.43 Å². The predicted octanol–water partition coefficient (Wildman–Crippen LogP) is 6.57. The second-order valence-electron chi connectivity index (χ2n) is 7.33. The molecule has 2 heterocycles. The number of nitrogens with zero attached hydrogens (tertiary/aromatic N) is 2. The Morgan fingerprint density at radius 3 is 2.50 bits per heavy atom. The molecule has 0 aliphatic heterocycles. The SMILES string of the molecule is CC[Si](CC)(CC)OC(C1=C(c2nccn2C)CCCC1)c1cccs1. The quantitative estimate of drug-likeness (QED) is 0.478. The monoisotopic (exact) mass is 388 g/mol. The van der Waals surface area contributed by atoms with E-state index in [1.807, 2.05) is 17.5 Å². The van der Waals surface area contributed by atoms with Gasteiger partial charge in [-0.05, 0) is 66.4 Å². The molecule has 0 aromatic carbocycles. The van der Waals surface area contributed by atoms with Crippen LogP contribution >= 0.6 is 11.3 Å². The molecular weight excluding hydrogens is 356 g/mol. The lowest BCUT2D eigenvalue weighted by molar-refractivity contribution is 0.223. The van der Waals surface area contributed by atoms with Gasteiger partial charge in [0.2, 0.25) is 0 Å². The molecule has 0 N–H and O–H groups in total. The summed E-state index contributed by atoms with van der Waals surface area (Å²) in [5.41, 5.74) is 2.91. The molecule has 3 rings (SSSR count). The van der Waals surface area contributed by atoms with Gasteiger partial charge in [0.05, 0.1) is 0 Å². The highest BCUT2D eigenvalue weighted by Crippen LogP contribution is 2.44. The summed E-state index contributed by atoms with van der Waals surface area (Å²) in [5.74, 6) is 1.13. The summed E-state index contributed by atoms with van der Waals surface area (Å²) in [5, 5.41) is 2.18. The first-order valence-corrected chi connectivity index (χ1v) is 13.5. The minimum Gasteiger partial charge on any atom is -0.405 e. The Kier molecular flexibility index (Phi) is 6.54. The molecule has 0 saturated carbocycles. The van der Waals surface area contributed by atoms with Gasteiger partial charge in [-0.3, -0.25) is 0 Å². The van der Waals surface area contributed by atoms with Crippen LogP contribution in [0.4, 0.5) is 0 Å². The maximum atomic E-state index is 7.09. The van der Waals surface area contributed by atoms with Crippen LogP contribution in [-0.4, -0.2) is 17.9 Å². The zero-order valence-corrected chi connectivity index (χ0v) is 18.4. The van der Waals surface area contributed by atoms with Gasteiger partial charge in [-0.15, -0.1) is 11.3 Å². The molecule has 26 heavy (non-hydrogen) atoms. The molecular formula is C21H32N2OSSi. The number of rotatable bonds is 8. The maximum absolute atomic E-state index is 7.09. The Labute approximate surface area is 163 Å². The van der Waals surface area contributed by atoms with Gasteiger partial charge < -0.3 is 8.99 Å². The molecule has 3 nitrogen and oxygen atoms in total. The fourth-order valence-corrected chi connectivity index (χ4v) is 7.76. The van der Waals surface area contributed by atoms with E-state index < -0.39 is 8.32 Å². The normalized spacial score (nSPS) is 16.9. The number of imidazole rings is 1. The zero-order chi connectivity index (χ0) is 18.6. The molecule has 1 atom stereocenters. The topological polar surface area (TPSA) is 27.1 Å². The lowest BCUT2D eigenvalue weighted by atomic mass is 9.87. The average Bonchev–Trinajstić information content (AvgIpc) is 3.35. The molecule has 0 spiro atoms. The number of thiophene rings is 1. The van der Waals surface area contributed by atoms with E-state index in [-0.39, 0.29) is 6.10 Å². The Hall–Kier alpha value is -1.17. The zero-order valence-electron chi connectivity index (χ0n) is 16.6. The predicted molar refractivity (Wildman–Crippen MR) is 114 cm³/mol. The van der Waals surface area contributed by atoms with Crippen molar-refractivity contribution in [3.05, 3.63) is 46.2 Å². The summed E-state index contributed by atoms with van der Waals surface area (Å²) in [7, 11) is 0.400. The maximum Gasteiger partial charge on any atom is 0.193 e. The molecule has 142 valence electrons. The third-order valence-corrected chi connectivity index (χ3v) is 11.5. The van der Waals surface area contributed by atoms with Gasteiger partial charge >= 0.3 is 0 Å². The van der Waals surface area contributed by atoms with Gasteiger partial charge in [0.25, 0.3) is 0 Å². The fraction of sp³-hybridized carbons (Fsp3) is 0.571. The van der Waals surface area contributed by atoms with Crippen LogP contribution in [0.3, 0.4) is 0 Å². The lowest BCUT2D eigenvalue weighted by Crippen LogP contribution is -2.37. The van der Waals surface area contributed by atoms with Crippen LogP contribution in [0.5, 0.6) is 0 Å². The van der Waals surface area contributed by atoms with Crippen LogP contribution in [0.2, 0.25) is 18.1 Å². The Bertz CT molecular complexity index is 723. The highest BCUT2D eigenvalue weighted by atomic mass is 32.1. The molecule has 0 amide bonds. The van der Waals surface area contributed by atoms with Crippen molar-refractivity contribution in [2.75, 3.05) is 0 Å². The van der Waals surface area contributed by atoms with Crippen molar-refractivity contribution in [1.82, 2.24) is 9.55 Å². The molecule has 0 bridgehead atoms. The van der Waals surface area contributed by atoms with E-state index in [2.05, 4.69) is 61.1 Å². The first-order valence-electron chi connectivity index (χ1n) is 10.0. The van der Waals surface area contributed by atoms with Crippen LogP contribution in [-0.2, 0) is 11.5 Å². The highest BCUT2D eigenvalue weighted by Gasteiger charge is 2.36. The number of hydrogen-bond donors (Lipinski definition) is 0. The van der Waals surface area contributed by atoms with Gasteiger partial charge in [-0.2, -0.15) is 0 Å². The smallest absolute Gasteiger partial charge is 0.193 e. The summed E-state index contributed by atoms with van der Waals surface area (Å²) >= 11 is 1.84. The van der Waals surface area contributed by atoms with Crippen molar-refractivity contribution >= 4 is 25.2 Å². The number of aryl methyl sites for hydroxylation is 1. The van der Waals surface area contributed by atoms with E-state index in [9.17, 15) is 0 Å². The van der Waals surface area contributed by atoms with Crippen LogP contribution in [0.15, 0.2) is 35.5 Å². The summed E-state index contributed by atoms with van der Waals surface area (Å²) < 4.78 is 9.26. The van der Waals surface area contributed by atoms with Gasteiger partial charge in [-0.1, -0.05) is 26.8 Å². The van der Waals surface area contributed by atoms with Crippen LogP contribution < -0.4 is 0 Å².